The number of phenols is 1. The molecule has 6 nitrogen and oxygen atoms in total. The van der Waals surface area contributed by atoms with Gasteiger partial charge in [-0.25, -0.2) is 0 Å². The molecule has 42 heavy (non-hydrogen) atoms. The third-order valence-electron chi connectivity index (χ3n) is 9.85. The number of aromatic hydroxyl groups is 1. The lowest BCUT2D eigenvalue weighted by Crippen LogP contribution is -2.46. The van der Waals surface area contributed by atoms with Gasteiger partial charge in [-0.15, -0.1) is 0 Å². The zero-order valence-electron chi connectivity index (χ0n) is 24.2. The Balaban J connectivity index is 1.30. The average molecular weight is 632 g/mol. The van der Waals surface area contributed by atoms with Gasteiger partial charge < -0.3 is 14.8 Å². The van der Waals surface area contributed by atoms with Crippen molar-refractivity contribution in [1.29, 1.82) is 0 Å². The van der Waals surface area contributed by atoms with E-state index in [1.165, 1.54) is 12.0 Å². The molecule has 0 spiro atoms. The van der Waals surface area contributed by atoms with Crippen LogP contribution in [0.4, 0.5) is 0 Å². The number of hydrogen-bond acceptors (Lipinski definition) is 5. The van der Waals surface area contributed by atoms with Crippen molar-refractivity contribution in [3.05, 3.63) is 75.3 Å². The molecule has 1 saturated carbocycles. The highest BCUT2D eigenvalue weighted by molar-refractivity contribution is 9.10. The number of imide groups is 1. The molecule has 6 rings (SSSR count). The number of rotatable bonds is 7. The summed E-state index contributed by atoms with van der Waals surface area (Å²) < 4.78 is 7.11. The highest BCUT2D eigenvalue weighted by Crippen LogP contribution is 2.52. The van der Waals surface area contributed by atoms with Gasteiger partial charge in [-0.1, -0.05) is 78.0 Å². The molecule has 2 N–H and O–H groups in total. The molecule has 2 saturated heterocycles. The number of likely N-dealkylation sites (tertiary alicyclic amines) is 1. The molecule has 0 aromatic heterocycles. The largest absolute Gasteiger partial charge is 0.507 e. The van der Waals surface area contributed by atoms with Gasteiger partial charge in [-0.05, 0) is 91.7 Å². The minimum atomic E-state index is -0.981. The lowest BCUT2D eigenvalue weighted by molar-refractivity contribution is -0.143. The quantitative estimate of drug-likeness (QED) is 0.148. The first-order valence-electron chi connectivity index (χ1n) is 15.5. The van der Waals surface area contributed by atoms with Gasteiger partial charge in [0, 0.05) is 16.1 Å². The Kier molecular flexibility index (Phi) is 8.76. The number of nitrogens with zero attached hydrogens (tertiary/aromatic N) is 1. The molecule has 8 heteroatoms. The van der Waals surface area contributed by atoms with Gasteiger partial charge in [0.15, 0.2) is 0 Å². The van der Waals surface area contributed by atoms with Crippen LogP contribution >= 0.6 is 15.9 Å². The van der Waals surface area contributed by atoms with Gasteiger partial charge in [-0.3, -0.25) is 14.5 Å². The second-order valence-corrected chi connectivity index (χ2v) is 13.2. The Morgan fingerprint density at radius 1 is 1.07 bits per heavy atom. The Labute approximate surface area is 257 Å². The smallest absolute Gasteiger partial charge is 0.455 e. The standard InChI is InChI=1S/C34H39BBrNO5/c1-2-21-19-27-32(34(40)37(33(27)39)26-11-7-4-8-12-26)28-20-35(41)42-30(31(21)28)16-13-23(22-9-5-3-6-10-22)17-24-18-25(36)14-15-29(24)38/h3,5-6,9-10,14-15,17-18,26-28,30,32,38,41H,2,4,7-8,11-13,16,19-20H2,1H3/b23-17-/t27-,28+,30-,32-/m1/s1. The molecule has 0 bridgehead atoms. The summed E-state index contributed by atoms with van der Waals surface area (Å²) in [7, 11) is -0.981. The maximum absolute atomic E-state index is 13.9. The summed E-state index contributed by atoms with van der Waals surface area (Å²) in [6, 6.07) is 15.5. The van der Waals surface area contributed by atoms with E-state index in [4.69, 9.17) is 4.65 Å². The van der Waals surface area contributed by atoms with Gasteiger partial charge in [0.1, 0.15) is 5.75 Å². The van der Waals surface area contributed by atoms with Crippen molar-refractivity contribution in [2.45, 2.75) is 83.2 Å². The monoisotopic (exact) mass is 631 g/mol. The Morgan fingerprint density at radius 3 is 2.57 bits per heavy atom. The zero-order chi connectivity index (χ0) is 29.4. The molecule has 0 radical (unpaired) electrons. The normalized spacial score (nSPS) is 27.0. The van der Waals surface area contributed by atoms with E-state index < -0.39 is 13.0 Å². The van der Waals surface area contributed by atoms with E-state index in [0.717, 1.165) is 58.8 Å². The summed E-state index contributed by atoms with van der Waals surface area (Å²) >= 11 is 3.51. The highest BCUT2D eigenvalue weighted by atomic mass is 79.9. The van der Waals surface area contributed by atoms with E-state index in [9.17, 15) is 19.7 Å². The molecule has 2 aliphatic carbocycles. The van der Waals surface area contributed by atoms with Crippen molar-refractivity contribution in [1.82, 2.24) is 4.90 Å². The fourth-order valence-corrected chi connectivity index (χ4v) is 8.27. The van der Waals surface area contributed by atoms with E-state index in [2.05, 4.69) is 35.0 Å². The summed E-state index contributed by atoms with van der Waals surface area (Å²) in [6.07, 6.45) is 9.78. The summed E-state index contributed by atoms with van der Waals surface area (Å²) in [4.78, 5) is 29.3. The second-order valence-electron chi connectivity index (χ2n) is 12.3. The van der Waals surface area contributed by atoms with E-state index in [1.807, 2.05) is 36.4 Å². The first-order valence-corrected chi connectivity index (χ1v) is 16.3. The van der Waals surface area contributed by atoms with Crippen LogP contribution < -0.4 is 0 Å². The number of fused-ring (bicyclic) bond motifs is 3. The summed E-state index contributed by atoms with van der Waals surface area (Å²) in [5.41, 5.74) is 5.16. The van der Waals surface area contributed by atoms with Crippen LogP contribution in [-0.4, -0.2) is 46.1 Å². The number of amides is 2. The molecule has 4 atom stereocenters. The zero-order valence-corrected chi connectivity index (χ0v) is 25.8. The van der Waals surface area contributed by atoms with Crippen LogP contribution in [0.25, 0.3) is 11.6 Å². The fraction of sp³-hybridized carbons (Fsp3) is 0.471. The summed E-state index contributed by atoms with van der Waals surface area (Å²) in [6.45, 7) is 2.12. The fourth-order valence-electron chi connectivity index (χ4n) is 7.89. The van der Waals surface area contributed by atoms with Crippen LogP contribution in [0.2, 0.25) is 6.32 Å². The molecule has 220 valence electrons. The van der Waals surface area contributed by atoms with Gasteiger partial charge in [0.05, 0.1) is 17.9 Å². The van der Waals surface area contributed by atoms with Crippen molar-refractivity contribution in [3.63, 3.8) is 0 Å². The molecule has 2 aromatic carbocycles. The molecule has 2 aliphatic heterocycles. The lowest BCUT2D eigenvalue weighted by Gasteiger charge is -2.43. The van der Waals surface area contributed by atoms with Crippen LogP contribution in [-0.2, 0) is 14.2 Å². The molecule has 4 aliphatic rings. The van der Waals surface area contributed by atoms with E-state index in [-0.39, 0.29) is 41.5 Å². The third kappa shape index (κ3) is 5.65. The van der Waals surface area contributed by atoms with Crippen molar-refractivity contribution >= 4 is 46.5 Å². The van der Waals surface area contributed by atoms with Crippen molar-refractivity contribution in [2.24, 2.45) is 17.8 Å². The van der Waals surface area contributed by atoms with Crippen molar-refractivity contribution in [3.8, 4) is 5.75 Å². The average Bonchev–Trinajstić information content (AvgIpc) is 3.26. The first kappa shape index (κ1) is 29.4. The maximum Gasteiger partial charge on any atom is 0.455 e. The number of phenolic OH excluding ortho intramolecular Hbond substituents is 1. The number of benzene rings is 2. The third-order valence-corrected chi connectivity index (χ3v) is 10.3. The van der Waals surface area contributed by atoms with Crippen LogP contribution in [0.1, 0.15) is 75.8 Å². The van der Waals surface area contributed by atoms with Crippen molar-refractivity contribution in [2.75, 3.05) is 0 Å². The molecule has 3 fully saturated rings. The molecule has 0 unspecified atom stereocenters. The number of halogens is 1. The predicted octanol–water partition coefficient (Wildman–Crippen LogP) is 7.02. The minimum absolute atomic E-state index is 0.00237. The van der Waals surface area contributed by atoms with Gasteiger partial charge in [0.25, 0.3) is 0 Å². The Hall–Kier alpha value is -2.68. The number of allylic oxidation sites excluding steroid dienone is 2. The second kappa shape index (κ2) is 12.5. The summed E-state index contributed by atoms with van der Waals surface area (Å²) in [5.74, 6) is -0.741. The first-order chi connectivity index (χ1) is 20.4. The number of carbonyl (C=O) groups is 2. The SMILES string of the molecule is CCC1=C2[C@@H](CC/C(=C/c3cc(Br)ccc3O)c3ccccc3)OB(O)C[C@@H]2[C@@H]2C(=O)N(C3CCCCC3)C(=O)[C@@H]2C1. The van der Waals surface area contributed by atoms with Gasteiger partial charge in [-0.2, -0.15) is 0 Å². The molecule has 2 heterocycles. The Morgan fingerprint density at radius 2 is 1.83 bits per heavy atom. The highest BCUT2D eigenvalue weighted by Gasteiger charge is 2.58. The molecular weight excluding hydrogens is 593 g/mol. The maximum atomic E-state index is 13.9. The Bertz CT molecular complexity index is 1400. The molecular formula is C34H39BBrNO5. The predicted molar refractivity (Wildman–Crippen MR) is 168 cm³/mol. The van der Waals surface area contributed by atoms with E-state index in [1.54, 1.807) is 11.0 Å². The molecule has 2 aromatic rings. The van der Waals surface area contributed by atoms with Crippen LogP contribution in [0, 0.1) is 17.8 Å². The lowest BCUT2D eigenvalue weighted by atomic mass is 9.58. The minimum Gasteiger partial charge on any atom is -0.507 e. The van der Waals surface area contributed by atoms with E-state index >= 15 is 0 Å². The van der Waals surface area contributed by atoms with E-state index in [0.29, 0.717) is 25.6 Å². The van der Waals surface area contributed by atoms with Crippen molar-refractivity contribution < 1.29 is 24.4 Å². The summed E-state index contributed by atoms with van der Waals surface area (Å²) in [5, 5.41) is 21.5. The van der Waals surface area contributed by atoms with Gasteiger partial charge >= 0.3 is 7.12 Å². The van der Waals surface area contributed by atoms with Crippen LogP contribution in [0.5, 0.6) is 5.75 Å². The number of hydrogen-bond donors (Lipinski definition) is 2. The van der Waals surface area contributed by atoms with Crippen LogP contribution in [0.15, 0.2) is 64.1 Å². The van der Waals surface area contributed by atoms with Gasteiger partial charge in [0.2, 0.25) is 11.8 Å². The molecule has 2 amide bonds. The topological polar surface area (TPSA) is 87.1 Å². The number of carbonyl (C=O) groups excluding carboxylic acids is 2. The van der Waals surface area contributed by atoms with Crippen LogP contribution in [0.3, 0.4) is 0 Å².